The van der Waals surface area contributed by atoms with Crippen molar-refractivity contribution in [1.29, 1.82) is 0 Å². The number of hydrogen-bond donors (Lipinski definition) is 1. The predicted octanol–water partition coefficient (Wildman–Crippen LogP) is 4.97. The molecule has 1 N–H and O–H groups in total. The molecular formula is C22H18O3. The Hall–Kier alpha value is -3.07. The van der Waals surface area contributed by atoms with Crippen molar-refractivity contribution in [2.75, 3.05) is 6.61 Å². The molecule has 0 saturated heterocycles. The Balaban J connectivity index is 1.49. The van der Waals surface area contributed by atoms with Crippen molar-refractivity contribution in [3.63, 3.8) is 0 Å². The van der Waals surface area contributed by atoms with Crippen LogP contribution in [0.15, 0.2) is 72.8 Å². The number of ether oxygens (including phenoxy) is 1. The van der Waals surface area contributed by atoms with Crippen molar-refractivity contribution >= 4 is 5.97 Å². The van der Waals surface area contributed by atoms with Gasteiger partial charge in [-0.05, 0) is 52.9 Å². The number of carboxylic acids is 1. The highest BCUT2D eigenvalue weighted by Crippen LogP contribution is 2.45. The van der Waals surface area contributed by atoms with Crippen LogP contribution in [0.5, 0.6) is 5.75 Å². The summed E-state index contributed by atoms with van der Waals surface area (Å²) in [4.78, 5) is 10.9. The van der Waals surface area contributed by atoms with E-state index in [4.69, 9.17) is 9.84 Å². The van der Waals surface area contributed by atoms with Crippen LogP contribution in [0.25, 0.3) is 11.1 Å². The van der Waals surface area contributed by atoms with Crippen LogP contribution in [0.2, 0.25) is 0 Å². The summed E-state index contributed by atoms with van der Waals surface area (Å²) in [6.45, 7) is 0.583. The number of fused-ring (bicyclic) bond motifs is 3. The minimum absolute atomic E-state index is 0.269. The summed E-state index contributed by atoms with van der Waals surface area (Å²) < 4.78 is 5.84. The smallest absolute Gasteiger partial charge is 0.335 e. The lowest BCUT2D eigenvalue weighted by Gasteiger charge is -2.14. The molecule has 1 aliphatic rings. The Morgan fingerprint density at radius 1 is 0.840 bits per heavy atom. The molecule has 0 fully saturated rings. The average Bonchev–Trinajstić information content (AvgIpc) is 2.97. The lowest BCUT2D eigenvalue weighted by Crippen LogP contribution is -2.05. The molecule has 3 aromatic rings. The number of benzene rings is 3. The fraction of sp³-hybridized carbons (Fsp3) is 0.136. The predicted molar refractivity (Wildman–Crippen MR) is 97.2 cm³/mol. The highest BCUT2D eigenvalue weighted by Gasteiger charge is 2.27. The molecule has 0 saturated carbocycles. The topological polar surface area (TPSA) is 46.5 Å². The highest BCUT2D eigenvalue weighted by atomic mass is 16.5. The van der Waals surface area contributed by atoms with Gasteiger partial charge in [-0.3, -0.25) is 0 Å². The summed E-state index contributed by atoms with van der Waals surface area (Å²) in [7, 11) is 0. The van der Waals surface area contributed by atoms with Crippen molar-refractivity contribution in [1.82, 2.24) is 0 Å². The summed E-state index contributed by atoms with van der Waals surface area (Å²) in [6.07, 6.45) is 0.884. The van der Waals surface area contributed by atoms with Gasteiger partial charge >= 0.3 is 5.97 Å². The Bertz CT molecular complexity index is 867. The standard InChI is InChI=1S/C22H18O3/c23-22(24)15-9-11-16(12-10-15)25-14-13-21-19-7-3-1-5-17(19)18-6-2-4-8-20(18)21/h1-12,21H,13-14H2,(H,23,24). The van der Waals surface area contributed by atoms with E-state index in [1.54, 1.807) is 24.3 Å². The van der Waals surface area contributed by atoms with Crippen molar-refractivity contribution in [3.05, 3.63) is 89.5 Å². The first kappa shape index (κ1) is 15.5. The fourth-order valence-electron chi connectivity index (χ4n) is 3.56. The summed E-state index contributed by atoms with van der Waals surface area (Å²) >= 11 is 0. The van der Waals surface area contributed by atoms with Gasteiger partial charge in [-0.2, -0.15) is 0 Å². The zero-order valence-corrected chi connectivity index (χ0v) is 13.7. The Morgan fingerprint density at radius 2 is 1.40 bits per heavy atom. The van der Waals surface area contributed by atoms with Crippen LogP contribution >= 0.6 is 0 Å². The quantitative estimate of drug-likeness (QED) is 0.719. The maximum absolute atomic E-state index is 10.9. The molecule has 4 rings (SSSR count). The van der Waals surface area contributed by atoms with E-state index in [-0.39, 0.29) is 5.56 Å². The Morgan fingerprint density at radius 3 is 1.96 bits per heavy atom. The monoisotopic (exact) mass is 330 g/mol. The molecule has 25 heavy (non-hydrogen) atoms. The van der Waals surface area contributed by atoms with E-state index in [0.29, 0.717) is 18.3 Å². The van der Waals surface area contributed by atoms with Gasteiger partial charge in [-0.15, -0.1) is 0 Å². The lowest BCUT2D eigenvalue weighted by molar-refractivity contribution is 0.0697. The van der Waals surface area contributed by atoms with Crippen LogP contribution in [0.3, 0.4) is 0 Å². The maximum atomic E-state index is 10.9. The first-order valence-electron chi connectivity index (χ1n) is 8.38. The molecule has 0 radical (unpaired) electrons. The molecule has 1 aliphatic carbocycles. The number of hydrogen-bond acceptors (Lipinski definition) is 2. The second-order valence-electron chi connectivity index (χ2n) is 6.19. The molecule has 3 heteroatoms. The molecule has 0 heterocycles. The summed E-state index contributed by atoms with van der Waals surface area (Å²) in [5, 5.41) is 8.94. The molecule has 0 aromatic heterocycles. The molecule has 0 atom stereocenters. The maximum Gasteiger partial charge on any atom is 0.335 e. The van der Waals surface area contributed by atoms with Gasteiger partial charge in [0.2, 0.25) is 0 Å². The Labute approximate surface area is 146 Å². The SMILES string of the molecule is O=C(O)c1ccc(OCCC2c3ccccc3-c3ccccc32)cc1. The van der Waals surface area contributed by atoms with Crippen molar-refractivity contribution < 1.29 is 14.6 Å². The van der Waals surface area contributed by atoms with E-state index in [9.17, 15) is 4.79 Å². The zero-order chi connectivity index (χ0) is 17.2. The summed E-state index contributed by atoms with van der Waals surface area (Å²) in [5.41, 5.74) is 5.61. The van der Waals surface area contributed by atoms with Gasteiger partial charge in [0.05, 0.1) is 12.2 Å². The van der Waals surface area contributed by atoms with Crippen LogP contribution < -0.4 is 4.74 Å². The van der Waals surface area contributed by atoms with Crippen molar-refractivity contribution in [2.24, 2.45) is 0 Å². The van der Waals surface area contributed by atoms with Crippen LogP contribution in [0, 0.1) is 0 Å². The van der Waals surface area contributed by atoms with E-state index in [1.807, 2.05) is 0 Å². The Kier molecular flexibility index (Phi) is 3.98. The van der Waals surface area contributed by atoms with E-state index >= 15 is 0 Å². The number of carbonyl (C=O) groups is 1. The van der Waals surface area contributed by atoms with Crippen LogP contribution in [0.1, 0.15) is 33.8 Å². The van der Waals surface area contributed by atoms with Gasteiger partial charge in [0.15, 0.2) is 0 Å². The normalized spacial score (nSPS) is 12.5. The minimum Gasteiger partial charge on any atom is -0.494 e. The van der Waals surface area contributed by atoms with Gasteiger partial charge in [0.1, 0.15) is 5.75 Å². The third-order valence-electron chi connectivity index (χ3n) is 4.74. The molecule has 0 unspecified atom stereocenters. The molecule has 0 spiro atoms. The van der Waals surface area contributed by atoms with E-state index in [2.05, 4.69) is 48.5 Å². The molecule has 3 aromatic carbocycles. The van der Waals surface area contributed by atoms with Crippen LogP contribution in [0.4, 0.5) is 0 Å². The molecule has 3 nitrogen and oxygen atoms in total. The fourth-order valence-corrected chi connectivity index (χ4v) is 3.56. The summed E-state index contributed by atoms with van der Waals surface area (Å²) in [5.74, 6) is 0.112. The van der Waals surface area contributed by atoms with E-state index in [0.717, 1.165) is 6.42 Å². The number of rotatable bonds is 5. The molecule has 0 aliphatic heterocycles. The second kappa shape index (κ2) is 6.44. The van der Waals surface area contributed by atoms with Gasteiger partial charge < -0.3 is 9.84 Å². The van der Waals surface area contributed by atoms with Gasteiger partial charge in [-0.25, -0.2) is 4.79 Å². The van der Waals surface area contributed by atoms with E-state index < -0.39 is 5.97 Å². The lowest BCUT2D eigenvalue weighted by atomic mass is 9.94. The molecule has 0 bridgehead atoms. The minimum atomic E-state index is -0.925. The third-order valence-corrected chi connectivity index (χ3v) is 4.74. The molecule has 0 amide bonds. The molecular weight excluding hydrogens is 312 g/mol. The zero-order valence-electron chi connectivity index (χ0n) is 13.7. The molecule has 124 valence electrons. The van der Waals surface area contributed by atoms with Gasteiger partial charge in [0.25, 0.3) is 0 Å². The number of carboxylic acid groups (broad SMARTS) is 1. The average molecular weight is 330 g/mol. The number of aromatic carboxylic acids is 1. The third kappa shape index (κ3) is 2.89. The van der Waals surface area contributed by atoms with Crippen LogP contribution in [-0.4, -0.2) is 17.7 Å². The van der Waals surface area contributed by atoms with Crippen LogP contribution in [-0.2, 0) is 0 Å². The highest BCUT2D eigenvalue weighted by molar-refractivity contribution is 5.87. The van der Waals surface area contributed by atoms with Gasteiger partial charge in [-0.1, -0.05) is 48.5 Å². The van der Waals surface area contributed by atoms with Gasteiger partial charge in [0, 0.05) is 5.92 Å². The van der Waals surface area contributed by atoms with Crippen molar-refractivity contribution in [2.45, 2.75) is 12.3 Å². The van der Waals surface area contributed by atoms with E-state index in [1.165, 1.54) is 22.3 Å². The second-order valence-corrected chi connectivity index (χ2v) is 6.19. The summed E-state index contributed by atoms with van der Waals surface area (Å²) in [6, 6.07) is 23.6. The largest absolute Gasteiger partial charge is 0.494 e. The first-order chi connectivity index (χ1) is 12.2. The first-order valence-corrected chi connectivity index (χ1v) is 8.38. The van der Waals surface area contributed by atoms with Crippen molar-refractivity contribution in [3.8, 4) is 16.9 Å².